The van der Waals surface area contributed by atoms with Gasteiger partial charge in [0, 0.05) is 17.5 Å². The highest BCUT2D eigenvalue weighted by molar-refractivity contribution is 5.87. The summed E-state index contributed by atoms with van der Waals surface area (Å²) in [6, 6.07) is 5.30. The summed E-state index contributed by atoms with van der Waals surface area (Å²) >= 11 is 0. The minimum atomic E-state index is -1.03. The molecule has 1 aromatic heterocycles. The third kappa shape index (κ3) is 2.52. The number of carbonyl (C=O) groups is 1. The van der Waals surface area contributed by atoms with Crippen molar-refractivity contribution in [2.24, 2.45) is 0 Å². The number of nitrogens with one attached hydrogen (secondary N) is 1. The van der Waals surface area contributed by atoms with E-state index < -0.39 is 5.97 Å². The van der Waals surface area contributed by atoms with Crippen LogP contribution in [0.5, 0.6) is 11.5 Å². The van der Waals surface area contributed by atoms with Crippen molar-refractivity contribution in [3.63, 3.8) is 0 Å². The van der Waals surface area contributed by atoms with Crippen molar-refractivity contribution < 1.29 is 19.4 Å². The first-order valence-corrected chi connectivity index (χ1v) is 7.29. The van der Waals surface area contributed by atoms with Crippen molar-refractivity contribution in [2.75, 3.05) is 13.2 Å². The average molecular weight is 302 g/mol. The zero-order valence-corrected chi connectivity index (χ0v) is 12.5. The smallest absolute Gasteiger partial charge is 0.353 e. The fraction of sp³-hybridized carbons (Fsp3) is 0.375. The van der Waals surface area contributed by atoms with Crippen LogP contribution in [0.15, 0.2) is 18.2 Å². The van der Waals surface area contributed by atoms with Crippen molar-refractivity contribution in [3.05, 3.63) is 29.5 Å². The number of aromatic nitrogens is 2. The molecule has 1 aromatic carbocycles. The highest BCUT2D eigenvalue weighted by atomic mass is 16.5. The Morgan fingerprint density at radius 3 is 2.77 bits per heavy atom. The molecule has 0 spiro atoms. The largest absolute Gasteiger partial charge is 0.490 e. The van der Waals surface area contributed by atoms with Gasteiger partial charge < -0.3 is 14.6 Å². The molecular weight excluding hydrogens is 284 g/mol. The van der Waals surface area contributed by atoms with Gasteiger partial charge in [0.25, 0.3) is 0 Å². The Balaban J connectivity index is 2.14. The number of rotatable bonds is 3. The molecular formula is C16H18N2O4. The number of aromatic carboxylic acids is 1. The van der Waals surface area contributed by atoms with Crippen LogP contribution >= 0.6 is 0 Å². The molecule has 1 aliphatic heterocycles. The van der Waals surface area contributed by atoms with Crippen LogP contribution in [0.2, 0.25) is 0 Å². The number of hydrogen-bond acceptors (Lipinski definition) is 4. The number of aromatic amines is 1. The van der Waals surface area contributed by atoms with Crippen LogP contribution in [0.4, 0.5) is 0 Å². The molecule has 0 aliphatic carbocycles. The zero-order chi connectivity index (χ0) is 15.7. The van der Waals surface area contributed by atoms with Gasteiger partial charge in [0.2, 0.25) is 0 Å². The van der Waals surface area contributed by atoms with E-state index in [0.717, 1.165) is 29.0 Å². The number of fused-ring (bicyclic) bond motifs is 1. The van der Waals surface area contributed by atoms with Crippen LogP contribution in [0, 0.1) is 0 Å². The summed E-state index contributed by atoms with van der Waals surface area (Å²) in [7, 11) is 0. The fourth-order valence-electron chi connectivity index (χ4n) is 2.62. The molecule has 3 rings (SSSR count). The van der Waals surface area contributed by atoms with Crippen molar-refractivity contribution in [2.45, 2.75) is 26.2 Å². The van der Waals surface area contributed by atoms with E-state index >= 15 is 0 Å². The lowest BCUT2D eigenvalue weighted by molar-refractivity contribution is 0.0690. The molecule has 0 atom stereocenters. The maximum atomic E-state index is 11.0. The first-order chi connectivity index (χ1) is 10.6. The van der Waals surface area contributed by atoms with Crippen LogP contribution < -0.4 is 9.47 Å². The molecule has 0 saturated carbocycles. The van der Waals surface area contributed by atoms with Crippen molar-refractivity contribution in [3.8, 4) is 22.8 Å². The van der Waals surface area contributed by atoms with E-state index in [1.165, 1.54) is 6.07 Å². The fourth-order valence-corrected chi connectivity index (χ4v) is 2.62. The van der Waals surface area contributed by atoms with Crippen LogP contribution in [-0.2, 0) is 0 Å². The normalized spacial score (nSPS) is 14.0. The van der Waals surface area contributed by atoms with Crippen molar-refractivity contribution in [1.82, 2.24) is 10.2 Å². The summed E-state index contributed by atoms with van der Waals surface area (Å²) in [5, 5.41) is 15.7. The average Bonchev–Trinajstić information content (AvgIpc) is 2.85. The second-order valence-electron chi connectivity index (χ2n) is 5.53. The van der Waals surface area contributed by atoms with E-state index in [0.29, 0.717) is 18.9 Å². The number of nitrogens with zero attached hydrogens (tertiary/aromatic N) is 1. The third-order valence-electron chi connectivity index (χ3n) is 3.61. The highest BCUT2D eigenvalue weighted by Crippen LogP contribution is 2.43. The van der Waals surface area contributed by atoms with Gasteiger partial charge in [0.1, 0.15) is 5.69 Å². The van der Waals surface area contributed by atoms with E-state index in [9.17, 15) is 4.79 Å². The van der Waals surface area contributed by atoms with Gasteiger partial charge in [-0.25, -0.2) is 4.79 Å². The molecule has 2 heterocycles. The van der Waals surface area contributed by atoms with E-state index in [4.69, 9.17) is 14.6 Å². The number of H-pyrrole nitrogens is 1. The molecule has 6 heteroatoms. The second kappa shape index (κ2) is 5.71. The minimum absolute atomic E-state index is 0.0665. The van der Waals surface area contributed by atoms with Gasteiger partial charge in [0.05, 0.1) is 18.9 Å². The van der Waals surface area contributed by atoms with Gasteiger partial charge in [-0.15, -0.1) is 0 Å². The highest BCUT2D eigenvalue weighted by Gasteiger charge is 2.23. The lowest BCUT2D eigenvalue weighted by Gasteiger charge is -2.18. The minimum Gasteiger partial charge on any atom is -0.490 e. The van der Waals surface area contributed by atoms with Gasteiger partial charge in [-0.05, 0) is 24.1 Å². The molecule has 0 saturated heterocycles. The molecule has 2 N–H and O–H groups in total. The summed E-state index contributed by atoms with van der Waals surface area (Å²) < 4.78 is 11.6. The monoisotopic (exact) mass is 302 g/mol. The molecule has 22 heavy (non-hydrogen) atoms. The maximum absolute atomic E-state index is 11.0. The Bertz CT molecular complexity index is 706. The predicted molar refractivity (Wildman–Crippen MR) is 80.7 cm³/mol. The van der Waals surface area contributed by atoms with Crippen molar-refractivity contribution >= 4 is 5.97 Å². The van der Waals surface area contributed by atoms with E-state index in [1.807, 2.05) is 12.1 Å². The summed E-state index contributed by atoms with van der Waals surface area (Å²) in [6.45, 7) is 5.38. The van der Waals surface area contributed by atoms with Crippen LogP contribution in [0.1, 0.15) is 42.2 Å². The van der Waals surface area contributed by atoms with E-state index in [2.05, 4.69) is 24.0 Å². The van der Waals surface area contributed by atoms with E-state index in [-0.39, 0.29) is 11.6 Å². The molecule has 0 bridgehead atoms. The Labute approximate surface area is 128 Å². The molecule has 0 unspecified atom stereocenters. The van der Waals surface area contributed by atoms with Crippen LogP contribution in [-0.4, -0.2) is 34.5 Å². The van der Waals surface area contributed by atoms with Gasteiger partial charge in [-0.3, -0.25) is 5.10 Å². The molecule has 0 amide bonds. The molecule has 2 aromatic rings. The van der Waals surface area contributed by atoms with Crippen LogP contribution in [0.3, 0.4) is 0 Å². The van der Waals surface area contributed by atoms with Crippen LogP contribution in [0.25, 0.3) is 11.3 Å². The second-order valence-corrected chi connectivity index (χ2v) is 5.53. The summed E-state index contributed by atoms with van der Waals surface area (Å²) in [6.07, 6.45) is 0.840. The SMILES string of the molecule is CC(C)c1c(-c2cc(C(=O)O)[nH]n2)ccc2c1OCCCO2. The quantitative estimate of drug-likeness (QED) is 0.910. The topological polar surface area (TPSA) is 84.4 Å². The molecule has 6 nitrogen and oxygen atoms in total. The molecule has 1 aliphatic rings. The Kier molecular flexibility index (Phi) is 3.75. The first kappa shape index (κ1) is 14.4. The summed E-state index contributed by atoms with van der Waals surface area (Å²) in [5.74, 6) is 0.639. The number of carboxylic acid groups (broad SMARTS) is 1. The number of hydrogen-bond donors (Lipinski definition) is 2. The van der Waals surface area contributed by atoms with Gasteiger partial charge in [-0.1, -0.05) is 13.8 Å². The lowest BCUT2D eigenvalue weighted by Crippen LogP contribution is -2.01. The Hall–Kier alpha value is -2.50. The molecule has 116 valence electrons. The molecule has 0 radical (unpaired) electrons. The number of ether oxygens (including phenoxy) is 2. The third-order valence-corrected chi connectivity index (χ3v) is 3.61. The predicted octanol–water partition coefficient (Wildman–Crippen LogP) is 3.06. The zero-order valence-electron chi connectivity index (χ0n) is 12.5. The summed E-state index contributed by atoms with van der Waals surface area (Å²) in [5.41, 5.74) is 2.51. The van der Waals surface area contributed by atoms with Crippen molar-refractivity contribution in [1.29, 1.82) is 0 Å². The van der Waals surface area contributed by atoms with E-state index in [1.54, 1.807) is 0 Å². The summed E-state index contributed by atoms with van der Waals surface area (Å²) in [4.78, 5) is 11.0. The number of benzene rings is 1. The molecule has 0 fully saturated rings. The lowest BCUT2D eigenvalue weighted by atomic mass is 9.93. The van der Waals surface area contributed by atoms with Gasteiger partial charge in [0.15, 0.2) is 11.5 Å². The maximum Gasteiger partial charge on any atom is 0.353 e. The standard InChI is InChI=1S/C16H18N2O4/c1-9(2)14-10(11-8-12(16(19)20)18-17-11)4-5-13-15(14)22-7-3-6-21-13/h4-5,8-9H,3,6-7H2,1-2H3,(H,17,18)(H,19,20). The Morgan fingerprint density at radius 2 is 2.09 bits per heavy atom. The van der Waals surface area contributed by atoms with Gasteiger partial charge >= 0.3 is 5.97 Å². The van der Waals surface area contributed by atoms with Gasteiger partial charge in [-0.2, -0.15) is 5.10 Å². The Morgan fingerprint density at radius 1 is 1.32 bits per heavy atom. The number of carboxylic acids is 1. The first-order valence-electron chi connectivity index (χ1n) is 7.29.